The molecule has 2 aromatic rings. The Morgan fingerprint density at radius 1 is 0.909 bits per heavy atom. The lowest BCUT2D eigenvalue weighted by molar-refractivity contribution is 0.143. The van der Waals surface area contributed by atoms with Crippen molar-refractivity contribution in [2.75, 3.05) is 6.54 Å². The van der Waals surface area contributed by atoms with Crippen LogP contribution >= 0.6 is 0 Å². The minimum absolute atomic E-state index is 0.354. The monoisotopic (exact) mass is 442 g/mol. The van der Waals surface area contributed by atoms with Crippen molar-refractivity contribution in [3.63, 3.8) is 0 Å². The lowest BCUT2D eigenvalue weighted by Gasteiger charge is -2.34. The van der Waals surface area contributed by atoms with Crippen molar-refractivity contribution >= 4 is 5.71 Å². The van der Waals surface area contributed by atoms with E-state index in [9.17, 15) is 0 Å². The van der Waals surface area contributed by atoms with Gasteiger partial charge in [-0.05, 0) is 62.0 Å². The van der Waals surface area contributed by atoms with Crippen LogP contribution in [0.4, 0.5) is 0 Å². The zero-order valence-electron chi connectivity index (χ0n) is 20.8. The minimum atomic E-state index is 0.354. The van der Waals surface area contributed by atoms with E-state index in [0.717, 1.165) is 18.4 Å². The van der Waals surface area contributed by atoms with Crippen molar-refractivity contribution in [2.45, 2.75) is 83.6 Å². The fourth-order valence-corrected chi connectivity index (χ4v) is 5.96. The van der Waals surface area contributed by atoms with E-state index in [2.05, 4.69) is 86.1 Å². The van der Waals surface area contributed by atoms with Crippen LogP contribution in [-0.4, -0.2) is 23.3 Å². The van der Waals surface area contributed by atoms with Gasteiger partial charge < -0.3 is 0 Å². The molecule has 1 saturated carbocycles. The zero-order valence-corrected chi connectivity index (χ0v) is 20.8. The largest absolute Gasteiger partial charge is 0.292 e. The summed E-state index contributed by atoms with van der Waals surface area (Å²) in [7, 11) is 0. The van der Waals surface area contributed by atoms with Crippen LogP contribution in [0.25, 0.3) is 0 Å². The summed E-state index contributed by atoms with van der Waals surface area (Å²) >= 11 is 0. The Hall–Kier alpha value is -2.35. The van der Waals surface area contributed by atoms with Crippen molar-refractivity contribution in [3.05, 3.63) is 83.9 Å². The molecule has 2 aromatic carbocycles. The van der Waals surface area contributed by atoms with Crippen molar-refractivity contribution in [3.8, 4) is 0 Å². The molecule has 1 fully saturated rings. The Bertz CT molecular complexity index is 893. The Labute approximate surface area is 201 Å². The van der Waals surface area contributed by atoms with Gasteiger partial charge in [0.25, 0.3) is 0 Å². The fourth-order valence-electron chi connectivity index (χ4n) is 5.96. The van der Waals surface area contributed by atoms with E-state index >= 15 is 0 Å². The molecule has 0 N–H and O–H groups in total. The normalized spacial score (nSPS) is 25.2. The number of hydrogen-bond acceptors (Lipinski definition) is 2. The summed E-state index contributed by atoms with van der Waals surface area (Å²) in [5.41, 5.74) is 5.27. The number of benzene rings is 2. The van der Waals surface area contributed by atoms with Gasteiger partial charge in [0, 0.05) is 6.54 Å². The van der Waals surface area contributed by atoms with E-state index in [1.54, 1.807) is 0 Å². The Kier molecular flexibility index (Phi) is 8.42. The summed E-state index contributed by atoms with van der Waals surface area (Å²) in [5.74, 6) is 2.05. The molecule has 0 amide bonds. The molecular formula is C31H42N2. The number of rotatable bonds is 10. The summed E-state index contributed by atoms with van der Waals surface area (Å²) in [6.07, 6.45) is 11.8. The van der Waals surface area contributed by atoms with Gasteiger partial charge in [0.2, 0.25) is 0 Å². The van der Waals surface area contributed by atoms with E-state index < -0.39 is 0 Å². The topological polar surface area (TPSA) is 15.6 Å². The summed E-state index contributed by atoms with van der Waals surface area (Å²) in [6, 6.07) is 22.4. The van der Waals surface area contributed by atoms with Gasteiger partial charge in [-0.25, -0.2) is 0 Å². The van der Waals surface area contributed by atoms with Gasteiger partial charge in [-0.1, -0.05) is 98.8 Å². The molecule has 2 heteroatoms. The second-order valence-electron chi connectivity index (χ2n) is 10.5. The Morgan fingerprint density at radius 3 is 2.18 bits per heavy atom. The van der Waals surface area contributed by atoms with Crippen LogP contribution in [0.3, 0.4) is 0 Å². The van der Waals surface area contributed by atoms with Crippen LogP contribution < -0.4 is 0 Å². The van der Waals surface area contributed by atoms with Crippen LogP contribution in [0.5, 0.6) is 0 Å². The second-order valence-corrected chi connectivity index (χ2v) is 10.5. The predicted octanol–water partition coefficient (Wildman–Crippen LogP) is 8.21. The summed E-state index contributed by atoms with van der Waals surface area (Å²) in [6.45, 7) is 9.66. The lowest BCUT2D eigenvalue weighted by atomic mass is 9.79. The Morgan fingerprint density at radius 2 is 1.55 bits per heavy atom. The predicted molar refractivity (Wildman–Crippen MR) is 142 cm³/mol. The molecule has 2 unspecified atom stereocenters. The number of hydrogen-bond donors (Lipinski definition) is 0. The van der Waals surface area contributed by atoms with Gasteiger partial charge in [0.05, 0.1) is 17.7 Å². The van der Waals surface area contributed by atoms with E-state index in [4.69, 9.17) is 5.10 Å². The molecule has 0 spiro atoms. The third kappa shape index (κ3) is 6.16. The molecule has 4 rings (SSSR count). The standard InChI is InChI=1S/C31H42N2/c1-4-12-29-30(27-15-7-5-8-16-27)31(28-17-9-6-10-18-28)32-33(29)23-26-21-19-25(20-22-26)14-11-13-24(2)3/h5-10,15-18,25-26,29-30H,2,4,11-14,19-23H2,1,3H3. The van der Waals surface area contributed by atoms with Crippen molar-refractivity contribution in [1.82, 2.24) is 5.01 Å². The third-order valence-electron chi connectivity index (χ3n) is 7.74. The Balaban J connectivity index is 1.47. The number of nitrogens with zero attached hydrogens (tertiary/aromatic N) is 2. The molecule has 0 radical (unpaired) electrons. The number of hydrazone groups is 1. The van der Waals surface area contributed by atoms with Crippen LogP contribution in [0.1, 0.15) is 88.7 Å². The maximum absolute atomic E-state index is 5.34. The van der Waals surface area contributed by atoms with Crippen LogP contribution in [-0.2, 0) is 0 Å². The van der Waals surface area contributed by atoms with Gasteiger partial charge >= 0.3 is 0 Å². The maximum Gasteiger partial charge on any atom is 0.0773 e. The maximum atomic E-state index is 5.34. The summed E-state index contributed by atoms with van der Waals surface area (Å²) in [4.78, 5) is 0. The molecule has 1 heterocycles. The first-order valence-electron chi connectivity index (χ1n) is 13.3. The molecule has 0 aromatic heterocycles. The molecule has 0 saturated heterocycles. The van der Waals surface area contributed by atoms with E-state index in [0.29, 0.717) is 12.0 Å². The highest BCUT2D eigenvalue weighted by atomic mass is 15.5. The third-order valence-corrected chi connectivity index (χ3v) is 7.74. The number of allylic oxidation sites excluding steroid dienone is 1. The first kappa shape index (κ1) is 23.8. The van der Waals surface area contributed by atoms with Gasteiger partial charge in [-0.3, -0.25) is 5.01 Å². The van der Waals surface area contributed by atoms with Crippen LogP contribution in [0.2, 0.25) is 0 Å². The average molecular weight is 443 g/mol. The zero-order chi connectivity index (χ0) is 23.0. The first-order valence-corrected chi connectivity index (χ1v) is 13.3. The van der Waals surface area contributed by atoms with Crippen molar-refractivity contribution in [1.29, 1.82) is 0 Å². The average Bonchev–Trinajstić information content (AvgIpc) is 3.19. The quantitative estimate of drug-likeness (QED) is 0.338. The summed E-state index contributed by atoms with van der Waals surface area (Å²) < 4.78 is 0. The highest BCUT2D eigenvalue weighted by Crippen LogP contribution is 2.39. The van der Waals surface area contributed by atoms with Crippen molar-refractivity contribution in [2.24, 2.45) is 16.9 Å². The molecule has 1 aliphatic carbocycles. The molecule has 0 bridgehead atoms. The summed E-state index contributed by atoms with van der Waals surface area (Å²) in [5, 5.41) is 7.83. The van der Waals surface area contributed by atoms with Crippen molar-refractivity contribution < 1.29 is 0 Å². The van der Waals surface area contributed by atoms with E-state index in [1.165, 1.54) is 80.2 Å². The molecule has 2 atom stereocenters. The van der Waals surface area contributed by atoms with Gasteiger partial charge in [-0.2, -0.15) is 5.10 Å². The van der Waals surface area contributed by atoms with E-state index in [1.807, 2.05) is 0 Å². The minimum Gasteiger partial charge on any atom is -0.292 e. The highest BCUT2D eigenvalue weighted by Gasteiger charge is 2.39. The van der Waals surface area contributed by atoms with Crippen LogP contribution in [0, 0.1) is 11.8 Å². The lowest BCUT2D eigenvalue weighted by Crippen LogP contribution is -2.36. The molecule has 2 aliphatic rings. The molecular weight excluding hydrogens is 400 g/mol. The molecule has 33 heavy (non-hydrogen) atoms. The fraction of sp³-hybridized carbons (Fsp3) is 0.516. The molecule has 176 valence electrons. The molecule has 1 aliphatic heterocycles. The SMILES string of the molecule is C=C(C)CCCC1CCC(CN2N=C(c3ccccc3)C(c3ccccc3)C2CCC)CC1. The first-order chi connectivity index (χ1) is 16.2. The smallest absolute Gasteiger partial charge is 0.0773 e. The van der Waals surface area contributed by atoms with Gasteiger partial charge in [0.15, 0.2) is 0 Å². The second kappa shape index (κ2) is 11.7. The highest BCUT2D eigenvalue weighted by molar-refractivity contribution is 6.06. The van der Waals surface area contributed by atoms with Gasteiger partial charge in [-0.15, -0.1) is 6.58 Å². The van der Waals surface area contributed by atoms with E-state index in [-0.39, 0.29) is 0 Å². The van der Waals surface area contributed by atoms with Gasteiger partial charge in [0.1, 0.15) is 0 Å². The van der Waals surface area contributed by atoms with Crippen LogP contribution in [0.15, 0.2) is 77.9 Å². The molecule has 2 nitrogen and oxygen atoms in total.